The van der Waals surface area contributed by atoms with Gasteiger partial charge in [-0.05, 0) is 43.9 Å². The van der Waals surface area contributed by atoms with Crippen LogP contribution in [0.2, 0.25) is 0 Å². The Morgan fingerprint density at radius 2 is 2.18 bits per heavy atom. The van der Waals surface area contributed by atoms with Crippen LogP contribution in [0.15, 0.2) is 84.1 Å². The van der Waals surface area contributed by atoms with E-state index in [4.69, 9.17) is 5.73 Å². The lowest BCUT2D eigenvalue weighted by Crippen LogP contribution is -2.13. The van der Waals surface area contributed by atoms with Crippen LogP contribution in [-0.4, -0.2) is 36.4 Å². The summed E-state index contributed by atoms with van der Waals surface area (Å²) in [5.74, 6) is 0.558. The SMILES string of the molecule is C=C/C(=C\C=C/CN(C)C)C(=O)Nc1cccc(CSc2ccncc2N)c1. The molecule has 0 saturated heterocycles. The number of amides is 1. The maximum absolute atomic E-state index is 12.5. The largest absolute Gasteiger partial charge is 0.397 e. The first-order valence-electron chi connectivity index (χ1n) is 8.86. The number of hydrogen-bond donors (Lipinski definition) is 2. The smallest absolute Gasteiger partial charge is 0.255 e. The van der Waals surface area contributed by atoms with Gasteiger partial charge in [0.15, 0.2) is 0 Å². The highest BCUT2D eigenvalue weighted by Crippen LogP contribution is 2.27. The number of anilines is 2. The summed E-state index contributed by atoms with van der Waals surface area (Å²) in [6, 6.07) is 9.68. The van der Waals surface area contributed by atoms with E-state index in [9.17, 15) is 4.79 Å². The van der Waals surface area contributed by atoms with Gasteiger partial charge in [0, 0.05) is 34.7 Å². The van der Waals surface area contributed by atoms with Gasteiger partial charge in [0.25, 0.3) is 5.91 Å². The standard InChI is InChI=1S/C22H26N4OS/c1-4-18(9-5-6-13-26(2)3)22(27)25-19-10-7-8-17(14-19)16-28-21-11-12-24-15-20(21)23/h4-12,14-15H,1,13,16,23H2,2-3H3,(H,25,27)/b6-5-,18-9+. The van der Waals surface area contributed by atoms with E-state index in [2.05, 4.69) is 16.9 Å². The first kappa shape index (κ1) is 21.5. The van der Waals surface area contributed by atoms with E-state index in [0.717, 1.165) is 28.4 Å². The fraction of sp³-hybridized carbons (Fsp3) is 0.182. The Hall–Kier alpha value is -2.83. The zero-order chi connectivity index (χ0) is 20.4. The third-order valence-corrected chi connectivity index (χ3v) is 4.91. The lowest BCUT2D eigenvalue weighted by Gasteiger charge is -2.09. The van der Waals surface area contributed by atoms with Gasteiger partial charge in [-0.2, -0.15) is 0 Å². The number of nitrogens with one attached hydrogen (secondary N) is 1. The summed E-state index contributed by atoms with van der Waals surface area (Å²) in [6.45, 7) is 4.54. The Morgan fingerprint density at radius 3 is 2.89 bits per heavy atom. The number of hydrogen-bond acceptors (Lipinski definition) is 5. The van der Waals surface area contributed by atoms with Crippen LogP contribution >= 0.6 is 11.8 Å². The quantitative estimate of drug-likeness (QED) is 0.380. The Labute approximate surface area is 171 Å². The number of rotatable bonds is 9. The van der Waals surface area contributed by atoms with Crippen molar-refractivity contribution in [1.82, 2.24) is 9.88 Å². The molecule has 0 fully saturated rings. The molecule has 0 spiro atoms. The highest BCUT2D eigenvalue weighted by atomic mass is 32.2. The van der Waals surface area contributed by atoms with Gasteiger partial charge in [-0.25, -0.2) is 0 Å². The number of benzene rings is 1. The first-order valence-corrected chi connectivity index (χ1v) is 9.84. The van der Waals surface area contributed by atoms with Crippen LogP contribution in [0.5, 0.6) is 0 Å². The van der Waals surface area contributed by atoms with Crippen molar-refractivity contribution in [3.63, 3.8) is 0 Å². The Balaban J connectivity index is 1.99. The van der Waals surface area contributed by atoms with Crippen molar-refractivity contribution >= 4 is 29.0 Å². The van der Waals surface area contributed by atoms with Crippen LogP contribution in [0.25, 0.3) is 0 Å². The average molecular weight is 395 g/mol. The number of pyridine rings is 1. The first-order chi connectivity index (χ1) is 13.5. The molecule has 146 valence electrons. The number of carbonyl (C=O) groups is 1. The van der Waals surface area contributed by atoms with Gasteiger partial charge in [-0.15, -0.1) is 11.8 Å². The molecule has 1 amide bonds. The summed E-state index contributed by atoms with van der Waals surface area (Å²) in [4.78, 5) is 19.5. The zero-order valence-electron chi connectivity index (χ0n) is 16.3. The molecule has 1 aromatic carbocycles. The number of thioether (sulfide) groups is 1. The van der Waals surface area contributed by atoms with Gasteiger partial charge < -0.3 is 16.0 Å². The van der Waals surface area contributed by atoms with Crippen LogP contribution in [0, 0.1) is 0 Å². The second kappa shape index (κ2) is 11.1. The van der Waals surface area contributed by atoms with Crippen molar-refractivity contribution in [3.8, 4) is 0 Å². The van der Waals surface area contributed by atoms with Crippen molar-refractivity contribution in [2.45, 2.75) is 10.6 Å². The number of carbonyl (C=O) groups excluding carboxylic acids is 1. The van der Waals surface area contributed by atoms with E-state index in [1.165, 1.54) is 0 Å². The number of nitrogens with zero attached hydrogens (tertiary/aromatic N) is 2. The maximum atomic E-state index is 12.5. The average Bonchev–Trinajstić information content (AvgIpc) is 2.67. The summed E-state index contributed by atoms with van der Waals surface area (Å²) in [7, 11) is 3.98. The molecular formula is C22H26N4OS. The molecule has 0 saturated carbocycles. The highest BCUT2D eigenvalue weighted by molar-refractivity contribution is 7.98. The van der Waals surface area contributed by atoms with E-state index in [1.807, 2.05) is 61.5 Å². The van der Waals surface area contributed by atoms with Crippen LogP contribution in [0.3, 0.4) is 0 Å². The molecule has 1 heterocycles. The van der Waals surface area contributed by atoms with Gasteiger partial charge in [-0.1, -0.05) is 36.9 Å². The van der Waals surface area contributed by atoms with E-state index >= 15 is 0 Å². The molecule has 0 unspecified atom stereocenters. The summed E-state index contributed by atoms with van der Waals surface area (Å²) in [5.41, 5.74) is 8.95. The minimum Gasteiger partial charge on any atom is -0.397 e. The van der Waals surface area contributed by atoms with Gasteiger partial charge in [0.2, 0.25) is 0 Å². The number of nitrogen functional groups attached to an aromatic ring is 1. The molecule has 2 aromatic rings. The van der Waals surface area contributed by atoms with Gasteiger partial charge in [-0.3, -0.25) is 9.78 Å². The molecule has 28 heavy (non-hydrogen) atoms. The molecule has 0 aliphatic rings. The summed E-state index contributed by atoms with van der Waals surface area (Å²) in [6.07, 6.45) is 10.5. The Kier molecular flexibility index (Phi) is 8.52. The van der Waals surface area contributed by atoms with Crippen LogP contribution in [0.1, 0.15) is 5.56 Å². The molecule has 6 heteroatoms. The topological polar surface area (TPSA) is 71.2 Å². The molecule has 5 nitrogen and oxygen atoms in total. The maximum Gasteiger partial charge on any atom is 0.255 e. The van der Waals surface area contributed by atoms with Crippen LogP contribution in [0.4, 0.5) is 11.4 Å². The normalized spacial score (nSPS) is 11.8. The Morgan fingerprint density at radius 1 is 1.36 bits per heavy atom. The van der Waals surface area contributed by atoms with Crippen LogP contribution < -0.4 is 11.1 Å². The molecule has 0 bridgehead atoms. The van der Waals surface area contributed by atoms with E-state index in [-0.39, 0.29) is 5.91 Å². The fourth-order valence-electron chi connectivity index (χ4n) is 2.31. The monoisotopic (exact) mass is 394 g/mol. The van der Waals surface area contributed by atoms with Gasteiger partial charge in [0.05, 0.1) is 11.9 Å². The summed E-state index contributed by atoms with van der Waals surface area (Å²) < 4.78 is 0. The summed E-state index contributed by atoms with van der Waals surface area (Å²) in [5, 5.41) is 2.93. The van der Waals surface area contributed by atoms with Gasteiger partial charge >= 0.3 is 0 Å². The molecule has 1 aromatic heterocycles. The highest BCUT2D eigenvalue weighted by Gasteiger charge is 2.07. The lowest BCUT2D eigenvalue weighted by atomic mass is 10.2. The molecule has 0 aliphatic heterocycles. The predicted octanol–water partition coefficient (Wildman–Crippen LogP) is 4.12. The lowest BCUT2D eigenvalue weighted by molar-refractivity contribution is -0.112. The van der Waals surface area contributed by atoms with Gasteiger partial charge in [0.1, 0.15) is 0 Å². The molecule has 0 atom stereocenters. The fourth-order valence-corrected chi connectivity index (χ4v) is 3.19. The number of allylic oxidation sites excluding steroid dienone is 2. The second-order valence-corrected chi connectivity index (χ2v) is 7.39. The van der Waals surface area contributed by atoms with Crippen molar-refractivity contribution in [2.75, 3.05) is 31.7 Å². The molecular weight excluding hydrogens is 368 g/mol. The number of aromatic nitrogens is 1. The molecule has 3 N–H and O–H groups in total. The Bertz CT molecular complexity index is 874. The van der Waals surface area contributed by atoms with E-state index in [0.29, 0.717) is 11.3 Å². The minimum atomic E-state index is -0.187. The third-order valence-electron chi connectivity index (χ3n) is 3.75. The minimum absolute atomic E-state index is 0.187. The van der Waals surface area contributed by atoms with Crippen molar-refractivity contribution in [1.29, 1.82) is 0 Å². The molecule has 0 aliphatic carbocycles. The molecule has 0 radical (unpaired) electrons. The molecule has 2 rings (SSSR count). The van der Waals surface area contributed by atoms with E-state index < -0.39 is 0 Å². The van der Waals surface area contributed by atoms with Crippen LogP contribution in [-0.2, 0) is 10.5 Å². The van der Waals surface area contributed by atoms with E-state index in [1.54, 1.807) is 36.3 Å². The number of likely N-dealkylation sites (N-methyl/N-ethyl adjacent to an activating group) is 1. The van der Waals surface area contributed by atoms with Crippen molar-refractivity contribution in [3.05, 3.63) is 84.7 Å². The zero-order valence-corrected chi connectivity index (χ0v) is 17.1. The number of nitrogens with two attached hydrogens (primary N) is 1. The predicted molar refractivity (Wildman–Crippen MR) is 119 cm³/mol. The second-order valence-electron chi connectivity index (χ2n) is 6.37. The third kappa shape index (κ3) is 7.06. The summed E-state index contributed by atoms with van der Waals surface area (Å²) >= 11 is 1.64. The van der Waals surface area contributed by atoms with Crippen molar-refractivity contribution in [2.24, 2.45) is 0 Å². The van der Waals surface area contributed by atoms with Crippen molar-refractivity contribution < 1.29 is 4.79 Å².